The van der Waals surface area contributed by atoms with E-state index in [0.29, 0.717) is 0 Å². The third-order valence-electron chi connectivity index (χ3n) is 2.53. The van der Waals surface area contributed by atoms with Crippen molar-refractivity contribution >= 4 is 21.9 Å². The number of nitrogens with two attached hydrogens (primary N) is 1. The van der Waals surface area contributed by atoms with Crippen LogP contribution in [0.25, 0.3) is 0 Å². The molecule has 0 atom stereocenters. The number of halogens is 1. The minimum absolute atomic E-state index is 0.00945. The van der Waals surface area contributed by atoms with E-state index in [4.69, 9.17) is 5.73 Å². The van der Waals surface area contributed by atoms with E-state index >= 15 is 0 Å². The normalized spacial score (nSPS) is 11.1. The number of hydrogen-bond acceptors (Lipinski definition) is 5. The second-order valence-corrected chi connectivity index (χ2v) is 5.84. The Morgan fingerprint density at radius 3 is 2.62 bits per heavy atom. The lowest BCUT2D eigenvalue weighted by Crippen LogP contribution is -2.27. The lowest BCUT2D eigenvalue weighted by molar-refractivity contribution is -0.118. The first-order valence-corrected chi connectivity index (χ1v) is 7.42. The Hall–Kier alpha value is -2.00. The van der Waals surface area contributed by atoms with Crippen molar-refractivity contribution in [2.45, 2.75) is 17.7 Å². The molecule has 7 nitrogen and oxygen atoms in total. The van der Waals surface area contributed by atoms with Gasteiger partial charge in [0.15, 0.2) is 0 Å². The number of primary amides is 1. The van der Waals surface area contributed by atoms with Gasteiger partial charge in [-0.15, -0.1) is 0 Å². The fraction of sp³-hybridized carbons (Fsp3) is 0.333. The molecule has 0 unspecified atom stereocenters. The fourth-order valence-corrected chi connectivity index (χ4v) is 2.82. The van der Waals surface area contributed by atoms with Crippen molar-refractivity contribution < 1.29 is 27.1 Å². The Balaban J connectivity index is 2.99. The van der Waals surface area contributed by atoms with E-state index in [1.807, 2.05) is 0 Å². The second-order valence-electron chi connectivity index (χ2n) is 4.10. The van der Waals surface area contributed by atoms with Gasteiger partial charge in [0.05, 0.1) is 17.6 Å². The van der Waals surface area contributed by atoms with Gasteiger partial charge in [-0.3, -0.25) is 4.79 Å². The molecule has 0 aliphatic heterocycles. The zero-order chi connectivity index (χ0) is 16.0. The van der Waals surface area contributed by atoms with Gasteiger partial charge in [-0.25, -0.2) is 22.3 Å². The van der Waals surface area contributed by atoms with Crippen LogP contribution in [0.15, 0.2) is 23.1 Å². The van der Waals surface area contributed by atoms with Crippen LogP contribution in [0, 0.1) is 5.82 Å². The number of benzene rings is 1. The quantitative estimate of drug-likeness (QED) is 0.548. The maximum absolute atomic E-state index is 13.2. The van der Waals surface area contributed by atoms with Crippen LogP contribution < -0.4 is 10.5 Å². The van der Waals surface area contributed by atoms with Crippen molar-refractivity contribution in [3.63, 3.8) is 0 Å². The van der Waals surface area contributed by atoms with Crippen LogP contribution in [-0.4, -0.2) is 33.9 Å². The minimum Gasteiger partial charge on any atom is -0.465 e. The molecule has 0 aliphatic rings. The molecule has 1 aromatic rings. The number of amides is 1. The summed E-state index contributed by atoms with van der Waals surface area (Å²) in [5.74, 6) is -2.26. The fourth-order valence-electron chi connectivity index (χ4n) is 1.54. The summed E-state index contributed by atoms with van der Waals surface area (Å²) in [7, 11) is -3.02. The highest BCUT2D eigenvalue weighted by molar-refractivity contribution is 7.89. The second kappa shape index (κ2) is 7.14. The van der Waals surface area contributed by atoms with E-state index in [0.717, 1.165) is 25.3 Å². The van der Waals surface area contributed by atoms with Gasteiger partial charge in [0.1, 0.15) is 5.82 Å². The lowest BCUT2D eigenvalue weighted by atomic mass is 10.2. The summed E-state index contributed by atoms with van der Waals surface area (Å²) in [6, 6.07) is 2.71. The average molecular weight is 318 g/mol. The molecular formula is C12H15FN2O5S. The number of rotatable bonds is 7. The SMILES string of the molecule is COC(=O)c1ccc(F)cc1S(=O)(=O)NCCCC(N)=O. The van der Waals surface area contributed by atoms with E-state index < -0.39 is 32.6 Å². The molecule has 0 radical (unpaired) electrons. The Labute approximate surface area is 121 Å². The van der Waals surface area contributed by atoms with Crippen LogP contribution >= 0.6 is 0 Å². The number of ether oxygens (including phenoxy) is 1. The van der Waals surface area contributed by atoms with Crippen molar-refractivity contribution in [3.8, 4) is 0 Å². The lowest BCUT2D eigenvalue weighted by Gasteiger charge is -2.10. The topological polar surface area (TPSA) is 116 Å². The minimum atomic E-state index is -4.11. The molecule has 116 valence electrons. The van der Waals surface area contributed by atoms with E-state index in [2.05, 4.69) is 9.46 Å². The van der Waals surface area contributed by atoms with Crippen molar-refractivity contribution in [3.05, 3.63) is 29.6 Å². The summed E-state index contributed by atoms with van der Waals surface area (Å²) in [4.78, 5) is 21.5. The highest BCUT2D eigenvalue weighted by Gasteiger charge is 2.23. The van der Waals surface area contributed by atoms with Gasteiger partial charge in [-0.1, -0.05) is 0 Å². The molecule has 0 spiro atoms. The zero-order valence-electron chi connectivity index (χ0n) is 11.3. The molecule has 1 aromatic carbocycles. The first-order chi connectivity index (χ1) is 9.77. The molecular weight excluding hydrogens is 303 g/mol. The number of nitrogens with one attached hydrogen (secondary N) is 1. The van der Waals surface area contributed by atoms with Crippen molar-refractivity contribution in [1.82, 2.24) is 4.72 Å². The molecule has 0 saturated carbocycles. The van der Waals surface area contributed by atoms with Gasteiger partial charge in [-0.2, -0.15) is 0 Å². The zero-order valence-corrected chi connectivity index (χ0v) is 12.1. The Morgan fingerprint density at radius 1 is 1.38 bits per heavy atom. The van der Waals surface area contributed by atoms with Crippen molar-refractivity contribution in [1.29, 1.82) is 0 Å². The van der Waals surface area contributed by atoms with Gasteiger partial charge in [0, 0.05) is 13.0 Å². The average Bonchev–Trinajstić information content (AvgIpc) is 2.42. The largest absolute Gasteiger partial charge is 0.465 e. The summed E-state index contributed by atoms with van der Waals surface area (Å²) in [5, 5.41) is 0. The highest BCUT2D eigenvalue weighted by Crippen LogP contribution is 2.18. The molecule has 1 amide bonds. The maximum Gasteiger partial charge on any atom is 0.339 e. The molecule has 21 heavy (non-hydrogen) atoms. The third kappa shape index (κ3) is 4.80. The Kier molecular flexibility index (Phi) is 5.79. The van der Waals surface area contributed by atoms with Gasteiger partial charge in [-0.05, 0) is 24.6 Å². The van der Waals surface area contributed by atoms with Crippen LogP contribution in [0.1, 0.15) is 23.2 Å². The standard InChI is InChI=1S/C12H15FN2O5S/c1-20-12(17)9-5-4-8(13)7-10(9)21(18,19)15-6-2-3-11(14)16/h4-5,7,15H,2-3,6H2,1H3,(H2,14,16). The molecule has 1 rings (SSSR count). The number of hydrogen-bond donors (Lipinski definition) is 2. The molecule has 0 saturated heterocycles. The van der Waals surface area contributed by atoms with Gasteiger partial charge < -0.3 is 10.5 Å². The smallest absolute Gasteiger partial charge is 0.339 e. The third-order valence-corrected chi connectivity index (χ3v) is 4.03. The summed E-state index contributed by atoms with van der Waals surface area (Å²) in [6.45, 7) is -0.0671. The monoisotopic (exact) mass is 318 g/mol. The Bertz CT molecular complexity index is 645. The summed E-state index contributed by atoms with van der Waals surface area (Å²) in [5.41, 5.74) is 4.65. The predicted octanol–water partition coefficient (Wildman–Crippen LogP) is 0.156. The number of esters is 1. The summed E-state index contributed by atoms with van der Waals surface area (Å²) < 4.78 is 44.0. The van der Waals surface area contributed by atoms with Crippen LogP contribution in [0.3, 0.4) is 0 Å². The summed E-state index contributed by atoms with van der Waals surface area (Å²) >= 11 is 0. The van der Waals surface area contributed by atoms with Crippen LogP contribution in [-0.2, 0) is 19.6 Å². The van der Waals surface area contributed by atoms with E-state index in [1.54, 1.807) is 0 Å². The molecule has 0 bridgehead atoms. The number of sulfonamides is 1. The molecule has 0 heterocycles. The van der Waals surface area contributed by atoms with Crippen LogP contribution in [0.2, 0.25) is 0 Å². The van der Waals surface area contributed by atoms with E-state index in [9.17, 15) is 22.4 Å². The van der Waals surface area contributed by atoms with Gasteiger partial charge in [0.25, 0.3) is 0 Å². The Morgan fingerprint density at radius 2 is 2.05 bits per heavy atom. The van der Waals surface area contributed by atoms with E-state index in [1.165, 1.54) is 0 Å². The number of carbonyl (C=O) groups excluding carboxylic acids is 2. The van der Waals surface area contributed by atoms with Crippen molar-refractivity contribution in [2.24, 2.45) is 5.73 Å². The van der Waals surface area contributed by atoms with E-state index in [-0.39, 0.29) is 24.9 Å². The first-order valence-electron chi connectivity index (χ1n) is 5.94. The summed E-state index contributed by atoms with van der Waals surface area (Å²) in [6.07, 6.45) is 0.201. The molecule has 9 heteroatoms. The van der Waals surface area contributed by atoms with Gasteiger partial charge in [0.2, 0.25) is 15.9 Å². The van der Waals surface area contributed by atoms with Crippen LogP contribution in [0.4, 0.5) is 4.39 Å². The first kappa shape index (κ1) is 17.1. The number of methoxy groups -OCH3 is 1. The van der Waals surface area contributed by atoms with Crippen LogP contribution in [0.5, 0.6) is 0 Å². The maximum atomic E-state index is 13.2. The molecule has 0 aromatic heterocycles. The van der Waals surface area contributed by atoms with Gasteiger partial charge >= 0.3 is 5.97 Å². The predicted molar refractivity (Wildman–Crippen MR) is 71.4 cm³/mol. The molecule has 0 fully saturated rings. The highest BCUT2D eigenvalue weighted by atomic mass is 32.2. The number of carbonyl (C=O) groups is 2. The molecule has 0 aliphatic carbocycles. The molecule has 3 N–H and O–H groups in total. The van der Waals surface area contributed by atoms with Crippen molar-refractivity contribution in [2.75, 3.05) is 13.7 Å².